The number of rotatable bonds is 5. The second kappa shape index (κ2) is 8.20. The molecule has 2 saturated heterocycles. The molecule has 2 atom stereocenters. The molecule has 2 aliphatic rings. The van der Waals surface area contributed by atoms with Crippen LogP contribution in [0.3, 0.4) is 0 Å². The van der Waals surface area contributed by atoms with E-state index in [1.165, 1.54) is 45.2 Å². The average molecular weight is 269 g/mol. The third-order valence-corrected chi connectivity index (χ3v) is 4.73. The molecule has 0 aromatic carbocycles. The predicted octanol–water partition coefficient (Wildman–Crippen LogP) is 0.765. The van der Waals surface area contributed by atoms with Crippen molar-refractivity contribution in [2.24, 2.45) is 5.92 Å². The Morgan fingerprint density at radius 3 is 2.63 bits per heavy atom. The number of hydrogen-bond donors (Lipinski definition) is 2. The van der Waals surface area contributed by atoms with Gasteiger partial charge in [0.1, 0.15) is 0 Å². The zero-order valence-corrected chi connectivity index (χ0v) is 12.5. The van der Waals surface area contributed by atoms with Gasteiger partial charge < -0.3 is 15.3 Å². The SMILES string of the molecule is CN(CCO)CC1CCNCC1N1CCCCCC1. The Balaban J connectivity index is 1.90. The van der Waals surface area contributed by atoms with E-state index < -0.39 is 0 Å². The monoisotopic (exact) mass is 269 g/mol. The van der Waals surface area contributed by atoms with Gasteiger partial charge in [-0.15, -0.1) is 0 Å². The van der Waals surface area contributed by atoms with E-state index in [1.54, 1.807) is 0 Å². The van der Waals surface area contributed by atoms with Gasteiger partial charge in [0.15, 0.2) is 0 Å². The number of likely N-dealkylation sites (tertiary alicyclic amines) is 1. The Kier molecular flexibility index (Phi) is 6.57. The van der Waals surface area contributed by atoms with Crippen LogP contribution < -0.4 is 5.32 Å². The number of hydrogen-bond acceptors (Lipinski definition) is 4. The smallest absolute Gasteiger partial charge is 0.0558 e. The van der Waals surface area contributed by atoms with Gasteiger partial charge in [0.25, 0.3) is 0 Å². The minimum Gasteiger partial charge on any atom is -0.395 e. The van der Waals surface area contributed by atoms with E-state index >= 15 is 0 Å². The van der Waals surface area contributed by atoms with Gasteiger partial charge >= 0.3 is 0 Å². The lowest BCUT2D eigenvalue weighted by Gasteiger charge is -2.41. The molecule has 0 spiro atoms. The summed E-state index contributed by atoms with van der Waals surface area (Å²) in [5.41, 5.74) is 0. The Bertz CT molecular complexity index is 242. The van der Waals surface area contributed by atoms with Crippen molar-refractivity contribution in [1.29, 1.82) is 0 Å². The molecule has 112 valence electrons. The van der Waals surface area contributed by atoms with Crippen LogP contribution in [-0.2, 0) is 0 Å². The van der Waals surface area contributed by atoms with Crippen molar-refractivity contribution >= 4 is 0 Å². The fourth-order valence-electron chi connectivity index (χ4n) is 3.63. The molecule has 2 unspecified atom stereocenters. The fourth-order valence-corrected chi connectivity index (χ4v) is 3.63. The number of aliphatic hydroxyl groups excluding tert-OH is 1. The third kappa shape index (κ3) is 4.71. The van der Waals surface area contributed by atoms with Crippen molar-refractivity contribution in [3.63, 3.8) is 0 Å². The van der Waals surface area contributed by atoms with E-state index in [0.717, 1.165) is 32.1 Å². The van der Waals surface area contributed by atoms with E-state index in [-0.39, 0.29) is 6.61 Å². The zero-order chi connectivity index (χ0) is 13.5. The van der Waals surface area contributed by atoms with E-state index in [1.807, 2.05) is 0 Å². The summed E-state index contributed by atoms with van der Waals surface area (Å²) < 4.78 is 0. The molecule has 0 amide bonds. The largest absolute Gasteiger partial charge is 0.395 e. The Morgan fingerprint density at radius 2 is 1.95 bits per heavy atom. The predicted molar refractivity (Wildman–Crippen MR) is 79.4 cm³/mol. The molecule has 0 saturated carbocycles. The van der Waals surface area contributed by atoms with E-state index in [9.17, 15) is 0 Å². The Morgan fingerprint density at radius 1 is 1.21 bits per heavy atom. The summed E-state index contributed by atoms with van der Waals surface area (Å²) in [6, 6.07) is 0.702. The second-order valence-corrected chi connectivity index (χ2v) is 6.26. The summed E-state index contributed by atoms with van der Waals surface area (Å²) in [5, 5.41) is 12.6. The van der Waals surface area contributed by atoms with Gasteiger partial charge in [0, 0.05) is 25.7 Å². The number of piperidine rings is 1. The first kappa shape index (κ1) is 15.2. The molecule has 0 radical (unpaired) electrons. The van der Waals surface area contributed by atoms with Crippen LogP contribution in [0.2, 0.25) is 0 Å². The van der Waals surface area contributed by atoms with E-state index in [4.69, 9.17) is 5.11 Å². The highest BCUT2D eigenvalue weighted by atomic mass is 16.3. The number of nitrogens with zero attached hydrogens (tertiary/aromatic N) is 2. The van der Waals surface area contributed by atoms with Crippen molar-refractivity contribution < 1.29 is 5.11 Å². The summed E-state index contributed by atoms with van der Waals surface area (Å²) in [6.45, 7) is 7.08. The van der Waals surface area contributed by atoms with Crippen molar-refractivity contribution in [3.05, 3.63) is 0 Å². The maximum absolute atomic E-state index is 9.05. The fraction of sp³-hybridized carbons (Fsp3) is 1.00. The quantitative estimate of drug-likeness (QED) is 0.773. The van der Waals surface area contributed by atoms with E-state index in [0.29, 0.717) is 6.04 Å². The molecular weight excluding hydrogens is 238 g/mol. The van der Waals surface area contributed by atoms with Crippen LogP contribution in [-0.4, -0.2) is 73.9 Å². The van der Waals surface area contributed by atoms with Gasteiger partial charge in [0.05, 0.1) is 6.61 Å². The molecule has 0 aromatic heterocycles. The van der Waals surface area contributed by atoms with Gasteiger partial charge in [-0.1, -0.05) is 12.8 Å². The minimum absolute atomic E-state index is 0.274. The van der Waals surface area contributed by atoms with Crippen molar-refractivity contribution in [3.8, 4) is 0 Å². The highest BCUT2D eigenvalue weighted by Crippen LogP contribution is 2.22. The molecule has 0 aliphatic carbocycles. The molecule has 4 nitrogen and oxygen atoms in total. The van der Waals surface area contributed by atoms with Gasteiger partial charge in [-0.25, -0.2) is 0 Å². The minimum atomic E-state index is 0.274. The highest BCUT2D eigenvalue weighted by Gasteiger charge is 2.30. The van der Waals surface area contributed by atoms with Crippen LogP contribution in [0.4, 0.5) is 0 Å². The first-order valence-electron chi connectivity index (χ1n) is 8.05. The lowest BCUT2D eigenvalue weighted by molar-refractivity contribution is 0.0897. The molecule has 2 N–H and O–H groups in total. The first-order valence-corrected chi connectivity index (χ1v) is 8.05. The summed E-state index contributed by atoms with van der Waals surface area (Å²) in [5.74, 6) is 0.760. The molecule has 2 aliphatic heterocycles. The molecule has 19 heavy (non-hydrogen) atoms. The molecule has 2 rings (SSSR count). The van der Waals surface area contributed by atoms with Crippen LogP contribution in [0, 0.1) is 5.92 Å². The molecule has 4 heteroatoms. The van der Waals surface area contributed by atoms with Crippen LogP contribution in [0.1, 0.15) is 32.1 Å². The standard InChI is InChI=1S/C15H31N3O/c1-17(10-11-19)13-14-6-7-16-12-15(14)18-8-4-2-3-5-9-18/h14-16,19H,2-13H2,1H3. The number of likely N-dealkylation sites (N-methyl/N-ethyl adjacent to an activating group) is 1. The number of aliphatic hydroxyl groups is 1. The highest BCUT2D eigenvalue weighted by molar-refractivity contribution is 4.88. The normalized spacial score (nSPS) is 30.5. The van der Waals surface area contributed by atoms with Crippen molar-refractivity contribution in [2.45, 2.75) is 38.1 Å². The van der Waals surface area contributed by atoms with Crippen LogP contribution in [0.15, 0.2) is 0 Å². The Hall–Kier alpha value is -0.160. The third-order valence-electron chi connectivity index (χ3n) is 4.73. The van der Waals surface area contributed by atoms with Crippen LogP contribution >= 0.6 is 0 Å². The van der Waals surface area contributed by atoms with Gasteiger partial charge in [-0.3, -0.25) is 4.90 Å². The number of nitrogens with one attached hydrogen (secondary N) is 1. The molecule has 0 bridgehead atoms. The van der Waals surface area contributed by atoms with Gasteiger partial charge in [-0.05, 0) is 51.9 Å². The van der Waals surface area contributed by atoms with Gasteiger partial charge in [-0.2, -0.15) is 0 Å². The molecule has 2 fully saturated rings. The first-order chi connectivity index (χ1) is 9.31. The Labute approximate surface area is 118 Å². The summed E-state index contributed by atoms with van der Waals surface area (Å²) in [6.07, 6.45) is 6.83. The summed E-state index contributed by atoms with van der Waals surface area (Å²) in [7, 11) is 2.14. The topological polar surface area (TPSA) is 38.7 Å². The van der Waals surface area contributed by atoms with Gasteiger partial charge in [0.2, 0.25) is 0 Å². The van der Waals surface area contributed by atoms with Crippen LogP contribution in [0.5, 0.6) is 0 Å². The summed E-state index contributed by atoms with van der Waals surface area (Å²) >= 11 is 0. The van der Waals surface area contributed by atoms with Crippen molar-refractivity contribution in [2.75, 3.05) is 52.9 Å². The maximum atomic E-state index is 9.05. The molecular formula is C15H31N3O. The van der Waals surface area contributed by atoms with E-state index in [2.05, 4.69) is 22.2 Å². The van der Waals surface area contributed by atoms with Crippen LogP contribution in [0.25, 0.3) is 0 Å². The maximum Gasteiger partial charge on any atom is 0.0558 e. The summed E-state index contributed by atoms with van der Waals surface area (Å²) in [4.78, 5) is 5.03. The molecule has 2 heterocycles. The lowest BCUT2D eigenvalue weighted by atomic mass is 9.90. The zero-order valence-electron chi connectivity index (χ0n) is 12.5. The second-order valence-electron chi connectivity index (χ2n) is 6.26. The molecule has 0 aromatic rings. The lowest BCUT2D eigenvalue weighted by Crippen LogP contribution is -2.54. The average Bonchev–Trinajstić information content (AvgIpc) is 2.68. The van der Waals surface area contributed by atoms with Crippen molar-refractivity contribution in [1.82, 2.24) is 15.1 Å².